The molecule has 0 unspecified atom stereocenters. The molecule has 14 heteroatoms. The van der Waals surface area contributed by atoms with Crippen LogP contribution in [0.2, 0.25) is 0 Å². The van der Waals surface area contributed by atoms with Crippen LogP contribution in [0.15, 0.2) is 65.6 Å². The maximum absolute atomic E-state index is 14.1. The van der Waals surface area contributed by atoms with E-state index in [1.165, 1.54) is 23.0 Å². The molecule has 2 aromatic carbocycles. The summed E-state index contributed by atoms with van der Waals surface area (Å²) in [6.07, 6.45) is -0.385. The Morgan fingerprint density at radius 2 is 1.71 bits per heavy atom. The van der Waals surface area contributed by atoms with E-state index in [1.807, 2.05) is 21.1 Å². The number of imidazole rings is 1. The van der Waals surface area contributed by atoms with Crippen LogP contribution in [0.5, 0.6) is 0 Å². The predicted octanol–water partition coefficient (Wildman–Crippen LogP) is 4.63. The minimum atomic E-state index is -4.64. The molecule has 2 aromatic heterocycles. The second-order valence-corrected chi connectivity index (χ2v) is 13.1. The van der Waals surface area contributed by atoms with Crippen LogP contribution < -0.4 is 16.3 Å². The monoisotopic (exact) mass is 663 g/mol. The average molecular weight is 664 g/mol. The summed E-state index contributed by atoms with van der Waals surface area (Å²) >= 11 is 0. The lowest BCUT2D eigenvalue weighted by Gasteiger charge is -2.29. The van der Waals surface area contributed by atoms with Crippen LogP contribution >= 0.6 is 0 Å². The van der Waals surface area contributed by atoms with Crippen LogP contribution in [-0.4, -0.2) is 75.6 Å². The molecule has 0 saturated heterocycles. The van der Waals surface area contributed by atoms with Crippen molar-refractivity contribution in [3.05, 3.63) is 88.1 Å². The number of nitriles is 1. The fraction of sp³-hybridized carbons (Fsp3) is 0.382. The molecule has 11 nitrogen and oxygen atoms in total. The number of alkyl halides is 3. The summed E-state index contributed by atoms with van der Waals surface area (Å²) in [5.41, 5.74) is -0.0912. The molecule has 1 aliphatic rings. The first-order valence-electron chi connectivity index (χ1n) is 15.6. The molecule has 2 N–H and O–H groups in total. The van der Waals surface area contributed by atoms with E-state index in [0.717, 1.165) is 34.1 Å². The van der Waals surface area contributed by atoms with Gasteiger partial charge in [-0.3, -0.25) is 9.36 Å². The Hall–Kier alpha value is -5.16. The van der Waals surface area contributed by atoms with Crippen molar-refractivity contribution in [1.82, 2.24) is 29.5 Å². The summed E-state index contributed by atoms with van der Waals surface area (Å²) in [5.74, 6) is 0.226. The fourth-order valence-electron chi connectivity index (χ4n) is 6.08. The number of nitrogens with one attached hydrogen (secondary N) is 2. The summed E-state index contributed by atoms with van der Waals surface area (Å²) in [6.45, 7) is 2.47. The number of halogens is 3. The molecule has 2 heterocycles. The van der Waals surface area contributed by atoms with Gasteiger partial charge in [-0.2, -0.15) is 23.5 Å². The Balaban J connectivity index is 1.46. The van der Waals surface area contributed by atoms with Crippen LogP contribution in [0, 0.1) is 24.2 Å². The normalized spacial score (nSPS) is 16.7. The van der Waals surface area contributed by atoms with E-state index in [-0.39, 0.29) is 34.9 Å². The van der Waals surface area contributed by atoms with Crippen molar-refractivity contribution in [2.75, 3.05) is 34.2 Å². The highest BCUT2D eigenvalue weighted by atomic mass is 19.4. The molecule has 5 rings (SSSR count). The van der Waals surface area contributed by atoms with E-state index in [2.05, 4.69) is 21.8 Å². The number of carbonyl (C=O) groups excluding carboxylic acids is 2. The summed E-state index contributed by atoms with van der Waals surface area (Å²) < 4.78 is 45.0. The van der Waals surface area contributed by atoms with Gasteiger partial charge in [0.05, 0.1) is 67.3 Å². The largest absolute Gasteiger partial charge is 0.416 e. The maximum Gasteiger partial charge on any atom is 0.416 e. The van der Waals surface area contributed by atoms with Crippen LogP contribution in [0.4, 0.5) is 18.0 Å². The molecular weight excluding hydrogens is 625 g/mol. The van der Waals surface area contributed by atoms with E-state index in [0.29, 0.717) is 47.4 Å². The second kappa shape index (κ2) is 13.5. The Labute approximate surface area is 275 Å². The SMILES string of the molecule is Cc1c(-c2ccnn2-c2ccc(C#N)cc2)n(C(=O)N[C@H]2CC[C@H](CNC(=O)C[N+](C)(C)C)CC2)c(=O)n1-c1cccc(C(F)(F)F)c1. The van der Waals surface area contributed by atoms with Gasteiger partial charge in [-0.05, 0) is 87.1 Å². The van der Waals surface area contributed by atoms with Gasteiger partial charge in [-0.25, -0.2) is 18.8 Å². The van der Waals surface area contributed by atoms with Gasteiger partial charge in [0.15, 0.2) is 6.54 Å². The number of hydrogen-bond donors (Lipinski definition) is 2. The second-order valence-electron chi connectivity index (χ2n) is 13.1. The molecule has 252 valence electrons. The van der Waals surface area contributed by atoms with E-state index in [1.54, 1.807) is 37.3 Å². The highest BCUT2D eigenvalue weighted by Gasteiger charge is 2.33. The predicted molar refractivity (Wildman–Crippen MR) is 173 cm³/mol. The smallest absolute Gasteiger partial charge is 0.351 e. The van der Waals surface area contributed by atoms with Gasteiger partial charge in [0.25, 0.3) is 5.91 Å². The molecule has 0 aliphatic heterocycles. The van der Waals surface area contributed by atoms with Crippen molar-refractivity contribution in [1.29, 1.82) is 5.26 Å². The van der Waals surface area contributed by atoms with E-state index in [4.69, 9.17) is 0 Å². The number of amides is 2. The summed E-state index contributed by atoms with van der Waals surface area (Å²) in [6, 6.07) is 13.6. The van der Waals surface area contributed by atoms with Gasteiger partial charge < -0.3 is 15.1 Å². The van der Waals surface area contributed by atoms with E-state index < -0.39 is 23.5 Å². The van der Waals surface area contributed by atoms with Crippen molar-refractivity contribution in [3.63, 3.8) is 0 Å². The van der Waals surface area contributed by atoms with Gasteiger partial charge in [-0.1, -0.05) is 6.07 Å². The Morgan fingerprint density at radius 3 is 2.33 bits per heavy atom. The molecule has 1 saturated carbocycles. The Morgan fingerprint density at radius 1 is 1.02 bits per heavy atom. The van der Waals surface area contributed by atoms with Crippen molar-refractivity contribution >= 4 is 11.9 Å². The van der Waals surface area contributed by atoms with Crippen LogP contribution in [0.25, 0.3) is 22.8 Å². The third-order valence-corrected chi connectivity index (χ3v) is 8.43. The number of aromatic nitrogens is 4. The standard InChI is InChI=1S/C34H37F3N8O3/c1-22-31(29-16-17-40-44(29)27-14-10-23(19-38)11-15-27)43(33(48)42(22)28-7-5-6-25(18-28)34(35,36)37)32(47)41-26-12-8-24(9-13-26)20-39-30(46)21-45(2,3)4/h5-7,10-11,14-18,24,26H,8-9,12-13,20-21H2,1-4H3,(H-,39,41,46,47)/p+1/t24-,26-. The summed E-state index contributed by atoms with van der Waals surface area (Å²) in [4.78, 5) is 40.3. The van der Waals surface area contributed by atoms with E-state index in [9.17, 15) is 32.8 Å². The molecule has 0 bridgehead atoms. The molecule has 0 radical (unpaired) electrons. The van der Waals surface area contributed by atoms with Crippen molar-refractivity contribution in [3.8, 4) is 28.8 Å². The molecule has 1 fully saturated rings. The van der Waals surface area contributed by atoms with Crippen molar-refractivity contribution in [2.24, 2.45) is 5.92 Å². The lowest BCUT2D eigenvalue weighted by atomic mass is 9.86. The van der Waals surface area contributed by atoms with Gasteiger partial charge in [0.1, 0.15) is 5.69 Å². The first-order chi connectivity index (χ1) is 22.7. The summed E-state index contributed by atoms with van der Waals surface area (Å²) in [7, 11) is 5.83. The number of likely N-dealkylation sites (N-methyl/N-ethyl adjacent to an activating group) is 1. The first kappa shape index (κ1) is 34.2. The minimum Gasteiger partial charge on any atom is -0.351 e. The number of rotatable bonds is 8. The lowest BCUT2D eigenvalue weighted by molar-refractivity contribution is -0.862. The van der Waals surface area contributed by atoms with Gasteiger partial charge >= 0.3 is 17.9 Å². The number of nitrogens with zero attached hydrogens (tertiary/aromatic N) is 6. The quantitative estimate of drug-likeness (QED) is 0.266. The summed E-state index contributed by atoms with van der Waals surface area (Å²) in [5, 5.41) is 19.6. The average Bonchev–Trinajstić information content (AvgIpc) is 3.61. The number of carbonyl (C=O) groups is 2. The Bertz CT molecular complexity index is 1900. The molecule has 1 aliphatic carbocycles. The van der Waals surface area contributed by atoms with Gasteiger partial charge in [-0.15, -0.1) is 0 Å². The third-order valence-electron chi connectivity index (χ3n) is 8.43. The minimum absolute atomic E-state index is 0.0225. The van der Waals surface area contributed by atoms with Crippen LogP contribution in [0.1, 0.15) is 42.5 Å². The molecule has 2 amide bonds. The molecular formula is C34H38F3N8O3+. The number of quaternary nitrogens is 1. The first-order valence-corrected chi connectivity index (χ1v) is 15.6. The molecule has 0 spiro atoms. The van der Waals surface area contributed by atoms with Gasteiger partial charge in [0.2, 0.25) is 0 Å². The third kappa shape index (κ3) is 7.52. The maximum atomic E-state index is 14.1. The zero-order valence-corrected chi connectivity index (χ0v) is 27.2. The zero-order valence-electron chi connectivity index (χ0n) is 27.2. The Kier molecular flexibility index (Phi) is 9.63. The highest BCUT2D eigenvalue weighted by Crippen LogP contribution is 2.32. The topological polar surface area (TPSA) is 127 Å². The fourth-order valence-corrected chi connectivity index (χ4v) is 6.08. The van der Waals surface area contributed by atoms with Gasteiger partial charge in [0, 0.05) is 12.6 Å². The van der Waals surface area contributed by atoms with Crippen LogP contribution in [0.3, 0.4) is 0 Å². The number of hydrogen-bond acceptors (Lipinski definition) is 5. The highest BCUT2D eigenvalue weighted by molar-refractivity contribution is 5.83. The number of benzene rings is 2. The van der Waals surface area contributed by atoms with Crippen LogP contribution in [-0.2, 0) is 11.0 Å². The molecule has 4 aromatic rings. The lowest BCUT2D eigenvalue weighted by Crippen LogP contribution is -2.46. The molecule has 48 heavy (non-hydrogen) atoms. The van der Waals surface area contributed by atoms with E-state index >= 15 is 0 Å². The molecule has 0 atom stereocenters. The van der Waals surface area contributed by atoms with Crippen molar-refractivity contribution in [2.45, 2.75) is 44.8 Å². The zero-order chi connectivity index (χ0) is 34.8. The van der Waals surface area contributed by atoms with Crippen molar-refractivity contribution < 1.29 is 27.2 Å².